The predicted octanol–water partition coefficient (Wildman–Crippen LogP) is 4.14. The topological polar surface area (TPSA) is 38.0 Å². The van der Waals surface area contributed by atoms with Crippen LogP contribution in [0.5, 0.6) is 0 Å². The van der Waals surface area contributed by atoms with Crippen molar-refractivity contribution in [2.45, 2.75) is 6.92 Å². The maximum absolute atomic E-state index is 5.60. The summed E-state index contributed by atoms with van der Waals surface area (Å²) in [6.45, 7) is 2.07. The molecule has 0 aliphatic rings. The van der Waals surface area contributed by atoms with Gasteiger partial charge in [0.2, 0.25) is 0 Å². The van der Waals surface area contributed by atoms with Crippen molar-refractivity contribution in [2.24, 2.45) is 5.73 Å². The molecule has 0 unspecified atom stereocenters. The maximum Gasteiger partial charge on any atom is 0.104 e. The van der Waals surface area contributed by atoms with E-state index in [2.05, 4.69) is 40.3 Å². The average Bonchev–Trinajstić information content (AvgIpc) is 2.31. The minimum absolute atomic E-state index is 0.401. The standard InChI is InChI=1S/C14H13BrN2S/c1-9-3-2-4-11(7-9)17-13-6-5-10(14(16)18)8-12(13)15/h2-8,17H,1H3,(H2,16,18). The van der Waals surface area contributed by atoms with Crippen LogP contribution in [0.2, 0.25) is 0 Å². The van der Waals surface area contributed by atoms with Crippen LogP contribution in [0.15, 0.2) is 46.9 Å². The second-order valence-electron chi connectivity index (χ2n) is 4.05. The Labute approximate surface area is 120 Å². The molecule has 0 atom stereocenters. The SMILES string of the molecule is Cc1cccc(Nc2ccc(C(N)=S)cc2Br)c1. The van der Waals surface area contributed by atoms with E-state index < -0.39 is 0 Å². The van der Waals surface area contributed by atoms with Gasteiger partial charge in [-0.2, -0.15) is 0 Å². The van der Waals surface area contributed by atoms with Crippen LogP contribution in [0.25, 0.3) is 0 Å². The largest absolute Gasteiger partial charge is 0.389 e. The number of benzene rings is 2. The van der Waals surface area contributed by atoms with Gasteiger partial charge >= 0.3 is 0 Å². The Morgan fingerprint density at radius 1 is 1.22 bits per heavy atom. The molecule has 18 heavy (non-hydrogen) atoms. The number of aryl methyl sites for hydroxylation is 1. The Kier molecular flexibility index (Phi) is 3.99. The van der Waals surface area contributed by atoms with Crippen molar-refractivity contribution in [3.05, 3.63) is 58.1 Å². The van der Waals surface area contributed by atoms with Crippen molar-refractivity contribution < 1.29 is 0 Å². The van der Waals surface area contributed by atoms with E-state index in [0.29, 0.717) is 4.99 Å². The first kappa shape index (κ1) is 13.1. The van der Waals surface area contributed by atoms with Gasteiger partial charge in [-0.05, 0) is 58.7 Å². The summed E-state index contributed by atoms with van der Waals surface area (Å²) in [4.78, 5) is 0.401. The van der Waals surface area contributed by atoms with E-state index in [0.717, 1.165) is 21.4 Å². The molecule has 0 amide bonds. The van der Waals surface area contributed by atoms with Crippen LogP contribution in [0.1, 0.15) is 11.1 Å². The number of anilines is 2. The van der Waals surface area contributed by atoms with E-state index in [4.69, 9.17) is 18.0 Å². The van der Waals surface area contributed by atoms with Crippen LogP contribution >= 0.6 is 28.1 Å². The molecule has 0 aliphatic heterocycles. The highest BCUT2D eigenvalue weighted by Gasteiger charge is 2.03. The predicted molar refractivity (Wildman–Crippen MR) is 84.5 cm³/mol. The van der Waals surface area contributed by atoms with Crippen LogP contribution in [0.3, 0.4) is 0 Å². The monoisotopic (exact) mass is 320 g/mol. The van der Waals surface area contributed by atoms with Gasteiger partial charge in [-0.1, -0.05) is 24.4 Å². The summed E-state index contributed by atoms with van der Waals surface area (Å²) in [5, 5.41) is 3.35. The molecule has 2 aromatic rings. The molecule has 0 bridgehead atoms. The van der Waals surface area contributed by atoms with Crippen LogP contribution < -0.4 is 11.1 Å². The third-order valence-corrected chi connectivity index (χ3v) is 3.44. The molecule has 0 spiro atoms. The Bertz CT molecular complexity index is 596. The van der Waals surface area contributed by atoms with Gasteiger partial charge in [0.25, 0.3) is 0 Å². The smallest absolute Gasteiger partial charge is 0.104 e. The zero-order valence-corrected chi connectivity index (χ0v) is 12.3. The summed E-state index contributed by atoms with van der Waals surface area (Å²) >= 11 is 8.46. The highest BCUT2D eigenvalue weighted by atomic mass is 79.9. The minimum atomic E-state index is 0.401. The maximum atomic E-state index is 5.60. The molecule has 3 N–H and O–H groups in total. The number of hydrogen-bond acceptors (Lipinski definition) is 2. The van der Waals surface area contributed by atoms with Crippen LogP contribution in [-0.4, -0.2) is 4.99 Å². The number of hydrogen-bond donors (Lipinski definition) is 2. The summed E-state index contributed by atoms with van der Waals surface area (Å²) in [5.41, 5.74) is 9.71. The molecular weight excluding hydrogens is 308 g/mol. The molecule has 2 nitrogen and oxygen atoms in total. The fraction of sp³-hybridized carbons (Fsp3) is 0.0714. The fourth-order valence-electron chi connectivity index (χ4n) is 1.65. The molecule has 92 valence electrons. The molecule has 0 aromatic heterocycles. The summed E-state index contributed by atoms with van der Waals surface area (Å²) in [5.74, 6) is 0. The highest BCUT2D eigenvalue weighted by Crippen LogP contribution is 2.27. The van der Waals surface area contributed by atoms with Crippen LogP contribution in [-0.2, 0) is 0 Å². The molecule has 0 heterocycles. The molecule has 0 fully saturated rings. The molecular formula is C14H13BrN2S. The third-order valence-electron chi connectivity index (χ3n) is 2.55. The summed E-state index contributed by atoms with van der Waals surface area (Å²) in [6.07, 6.45) is 0. The fourth-order valence-corrected chi connectivity index (χ4v) is 2.25. The number of nitrogens with one attached hydrogen (secondary N) is 1. The highest BCUT2D eigenvalue weighted by molar-refractivity contribution is 9.10. The summed E-state index contributed by atoms with van der Waals surface area (Å²) in [7, 11) is 0. The molecule has 0 radical (unpaired) electrons. The van der Waals surface area contributed by atoms with E-state index in [1.165, 1.54) is 5.56 Å². The van der Waals surface area contributed by atoms with Gasteiger partial charge in [0.05, 0.1) is 5.69 Å². The van der Waals surface area contributed by atoms with Gasteiger partial charge in [-0.15, -0.1) is 0 Å². The lowest BCUT2D eigenvalue weighted by atomic mass is 10.2. The number of thiocarbonyl (C=S) groups is 1. The Balaban J connectivity index is 2.27. The number of halogens is 1. The first-order valence-corrected chi connectivity index (χ1v) is 6.69. The molecule has 2 rings (SSSR count). The van der Waals surface area contributed by atoms with Crippen molar-refractivity contribution in [1.82, 2.24) is 0 Å². The van der Waals surface area contributed by atoms with E-state index in [9.17, 15) is 0 Å². The van der Waals surface area contributed by atoms with Crippen molar-refractivity contribution in [1.29, 1.82) is 0 Å². The molecule has 0 saturated carbocycles. The van der Waals surface area contributed by atoms with Gasteiger partial charge < -0.3 is 11.1 Å². The lowest BCUT2D eigenvalue weighted by Gasteiger charge is -2.10. The number of rotatable bonds is 3. The second kappa shape index (κ2) is 5.50. The molecule has 4 heteroatoms. The molecule has 0 aliphatic carbocycles. The normalized spacial score (nSPS) is 10.1. The van der Waals surface area contributed by atoms with Crippen LogP contribution in [0, 0.1) is 6.92 Å². The Morgan fingerprint density at radius 3 is 2.61 bits per heavy atom. The second-order valence-corrected chi connectivity index (χ2v) is 5.35. The Hall–Kier alpha value is -1.39. The van der Waals surface area contributed by atoms with E-state index in [1.54, 1.807) is 0 Å². The molecule has 0 saturated heterocycles. The quantitative estimate of drug-likeness (QED) is 0.835. The van der Waals surface area contributed by atoms with Crippen molar-refractivity contribution in [3.63, 3.8) is 0 Å². The summed E-state index contributed by atoms with van der Waals surface area (Å²) < 4.78 is 0.939. The zero-order valence-electron chi connectivity index (χ0n) is 9.91. The minimum Gasteiger partial charge on any atom is -0.389 e. The Morgan fingerprint density at radius 2 is 2.00 bits per heavy atom. The zero-order chi connectivity index (χ0) is 13.1. The average molecular weight is 321 g/mol. The lowest BCUT2D eigenvalue weighted by Crippen LogP contribution is -2.09. The van der Waals surface area contributed by atoms with Crippen molar-refractivity contribution in [2.75, 3.05) is 5.32 Å². The lowest BCUT2D eigenvalue weighted by molar-refractivity contribution is 1.44. The first-order valence-electron chi connectivity index (χ1n) is 5.49. The first-order chi connectivity index (χ1) is 8.56. The van der Waals surface area contributed by atoms with E-state index in [1.807, 2.05) is 30.3 Å². The molecule has 2 aromatic carbocycles. The van der Waals surface area contributed by atoms with E-state index in [-0.39, 0.29) is 0 Å². The van der Waals surface area contributed by atoms with E-state index >= 15 is 0 Å². The van der Waals surface area contributed by atoms with Gasteiger partial charge in [0, 0.05) is 15.7 Å². The van der Waals surface area contributed by atoms with Crippen molar-refractivity contribution >= 4 is 44.5 Å². The van der Waals surface area contributed by atoms with Gasteiger partial charge in [0.15, 0.2) is 0 Å². The van der Waals surface area contributed by atoms with Crippen LogP contribution in [0.4, 0.5) is 11.4 Å². The number of nitrogens with two attached hydrogens (primary N) is 1. The van der Waals surface area contributed by atoms with Gasteiger partial charge in [-0.3, -0.25) is 0 Å². The van der Waals surface area contributed by atoms with Crippen molar-refractivity contribution in [3.8, 4) is 0 Å². The summed E-state index contributed by atoms with van der Waals surface area (Å²) in [6, 6.07) is 14.0. The third kappa shape index (κ3) is 3.09. The van der Waals surface area contributed by atoms with Gasteiger partial charge in [-0.25, -0.2) is 0 Å². The van der Waals surface area contributed by atoms with Gasteiger partial charge in [0.1, 0.15) is 4.99 Å².